The third-order valence-corrected chi connectivity index (χ3v) is 2.62. The van der Waals surface area contributed by atoms with Gasteiger partial charge in [-0.25, -0.2) is 0 Å². The highest BCUT2D eigenvalue weighted by Crippen LogP contribution is 2.26. The van der Waals surface area contributed by atoms with Crippen molar-refractivity contribution in [1.82, 2.24) is 10.2 Å². The van der Waals surface area contributed by atoms with Gasteiger partial charge in [-0.1, -0.05) is 27.7 Å². The quantitative estimate of drug-likeness (QED) is 0.664. The zero-order valence-corrected chi connectivity index (χ0v) is 9.22. The van der Waals surface area contributed by atoms with Gasteiger partial charge in [-0.2, -0.15) is 0 Å². The molecule has 0 saturated carbocycles. The zero-order valence-electron chi connectivity index (χ0n) is 9.22. The van der Waals surface area contributed by atoms with Gasteiger partial charge in [-0.3, -0.25) is 10.1 Å². The molecule has 0 aliphatic carbocycles. The standard InChI is InChI=1S/C10H20N2O/c1-6-7-8(13)12(5)9(11-7)10(2,3)4/h7,9,11H,6H2,1-5H3/t7-,9-/m0/s1. The Morgan fingerprint density at radius 2 is 2.00 bits per heavy atom. The lowest BCUT2D eigenvalue weighted by Crippen LogP contribution is -2.45. The summed E-state index contributed by atoms with van der Waals surface area (Å²) in [6.07, 6.45) is 1.04. The minimum absolute atomic E-state index is 0.0224. The molecule has 76 valence electrons. The lowest BCUT2D eigenvalue weighted by Gasteiger charge is -2.32. The van der Waals surface area contributed by atoms with Crippen LogP contribution in [0.2, 0.25) is 0 Å². The maximum atomic E-state index is 11.7. The van der Waals surface area contributed by atoms with Crippen LogP contribution in [-0.4, -0.2) is 30.1 Å². The highest BCUT2D eigenvalue weighted by atomic mass is 16.2. The molecule has 3 heteroatoms. The lowest BCUT2D eigenvalue weighted by atomic mass is 9.92. The monoisotopic (exact) mass is 184 g/mol. The highest BCUT2D eigenvalue weighted by Gasteiger charge is 2.41. The maximum absolute atomic E-state index is 11.7. The van der Waals surface area contributed by atoms with Crippen LogP contribution < -0.4 is 5.32 Å². The zero-order chi connectivity index (χ0) is 10.2. The minimum atomic E-state index is 0.0224. The number of nitrogens with one attached hydrogen (secondary N) is 1. The van der Waals surface area contributed by atoms with E-state index < -0.39 is 0 Å². The van der Waals surface area contributed by atoms with Crippen molar-refractivity contribution in [3.63, 3.8) is 0 Å². The van der Waals surface area contributed by atoms with Gasteiger partial charge in [-0.05, 0) is 11.8 Å². The van der Waals surface area contributed by atoms with E-state index in [0.717, 1.165) is 6.42 Å². The predicted molar refractivity (Wildman–Crippen MR) is 53.2 cm³/mol. The summed E-state index contributed by atoms with van der Waals surface area (Å²) in [5.74, 6) is 0.224. The molecule has 0 unspecified atom stereocenters. The fourth-order valence-corrected chi connectivity index (χ4v) is 1.87. The molecule has 1 heterocycles. The number of amides is 1. The molecule has 1 rings (SSSR count). The fraction of sp³-hybridized carbons (Fsp3) is 0.900. The SMILES string of the molecule is CC[C@@H]1N[C@H](C(C)(C)C)N(C)C1=O. The van der Waals surface area contributed by atoms with Gasteiger partial charge in [0.2, 0.25) is 5.91 Å². The third kappa shape index (κ3) is 1.85. The molecular formula is C10H20N2O. The van der Waals surface area contributed by atoms with Gasteiger partial charge in [0.05, 0.1) is 12.2 Å². The van der Waals surface area contributed by atoms with Crippen molar-refractivity contribution in [2.75, 3.05) is 7.05 Å². The van der Waals surface area contributed by atoms with Crippen molar-refractivity contribution in [1.29, 1.82) is 0 Å². The average molecular weight is 184 g/mol. The topological polar surface area (TPSA) is 32.3 Å². The molecule has 0 aromatic carbocycles. The van der Waals surface area contributed by atoms with E-state index in [0.29, 0.717) is 0 Å². The second-order valence-electron chi connectivity index (χ2n) is 4.85. The average Bonchev–Trinajstić information content (AvgIpc) is 2.28. The first-order valence-electron chi connectivity index (χ1n) is 4.90. The second-order valence-corrected chi connectivity index (χ2v) is 4.85. The Labute approximate surface area is 80.5 Å². The predicted octanol–water partition coefficient (Wildman–Crippen LogP) is 1.20. The van der Waals surface area contributed by atoms with E-state index >= 15 is 0 Å². The smallest absolute Gasteiger partial charge is 0.240 e. The second kappa shape index (κ2) is 3.29. The lowest BCUT2D eigenvalue weighted by molar-refractivity contribution is -0.129. The van der Waals surface area contributed by atoms with E-state index in [2.05, 4.69) is 26.1 Å². The van der Waals surface area contributed by atoms with Crippen LogP contribution in [0.25, 0.3) is 0 Å². The van der Waals surface area contributed by atoms with Crippen molar-refractivity contribution in [3.05, 3.63) is 0 Å². The molecule has 2 atom stereocenters. The van der Waals surface area contributed by atoms with Gasteiger partial charge in [0.25, 0.3) is 0 Å². The Morgan fingerprint density at radius 3 is 2.23 bits per heavy atom. The number of rotatable bonds is 1. The van der Waals surface area contributed by atoms with Crippen LogP contribution in [0.4, 0.5) is 0 Å². The van der Waals surface area contributed by atoms with Crippen LogP contribution in [0, 0.1) is 5.41 Å². The largest absolute Gasteiger partial charge is 0.328 e. The van der Waals surface area contributed by atoms with Crippen LogP contribution in [0.1, 0.15) is 34.1 Å². The summed E-state index contributed by atoms with van der Waals surface area (Å²) in [6, 6.07) is 0.0224. The van der Waals surface area contributed by atoms with E-state index in [4.69, 9.17) is 0 Å². The summed E-state index contributed by atoms with van der Waals surface area (Å²) in [7, 11) is 1.88. The van der Waals surface area contributed by atoms with Gasteiger partial charge in [0.1, 0.15) is 0 Å². The van der Waals surface area contributed by atoms with Crippen LogP contribution in [0.15, 0.2) is 0 Å². The van der Waals surface area contributed by atoms with E-state index in [1.807, 2.05) is 18.9 Å². The number of carbonyl (C=O) groups excluding carboxylic acids is 1. The first-order valence-corrected chi connectivity index (χ1v) is 4.90. The van der Waals surface area contributed by atoms with E-state index in [1.165, 1.54) is 0 Å². The normalized spacial score (nSPS) is 29.9. The Balaban J connectivity index is 2.77. The number of nitrogens with zero attached hydrogens (tertiary/aromatic N) is 1. The van der Waals surface area contributed by atoms with E-state index in [-0.39, 0.29) is 23.5 Å². The van der Waals surface area contributed by atoms with Crippen molar-refractivity contribution in [2.24, 2.45) is 5.41 Å². The van der Waals surface area contributed by atoms with E-state index in [1.54, 1.807) is 0 Å². The Bertz CT molecular complexity index is 207. The third-order valence-electron chi connectivity index (χ3n) is 2.62. The molecule has 0 aromatic heterocycles. The fourth-order valence-electron chi connectivity index (χ4n) is 1.87. The molecule has 1 aliphatic rings. The molecule has 13 heavy (non-hydrogen) atoms. The van der Waals surface area contributed by atoms with Gasteiger partial charge >= 0.3 is 0 Å². The number of hydrogen-bond donors (Lipinski definition) is 1. The molecule has 0 aromatic rings. The maximum Gasteiger partial charge on any atom is 0.240 e. The summed E-state index contributed by atoms with van der Waals surface area (Å²) in [6.45, 7) is 8.47. The van der Waals surface area contributed by atoms with Gasteiger partial charge in [0, 0.05) is 7.05 Å². The van der Waals surface area contributed by atoms with Crippen LogP contribution in [0.3, 0.4) is 0 Å². The first kappa shape index (κ1) is 10.5. The minimum Gasteiger partial charge on any atom is -0.328 e. The molecule has 0 radical (unpaired) electrons. The summed E-state index contributed by atoms with van der Waals surface area (Å²) >= 11 is 0. The molecule has 0 spiro atoms. The van der Waals surface area contributed by atoms with Crippen molar-refractivity contribution in [2.45, 2.75) is 46.3 Å². The molecular weight excluding hydrogens is 164 g/mol. The summed E-state index contributed by atoms with van der Waals surface area (Å²) in [5.41, 5.74) is 0.105. The van der Waals surface area contributed by atoms with Gasteiger partial charge in [0.15, 0.2) is 0 Å². The molecule has 1 fully saturated rings. The number of hydrogen-bond acceptors (Lipinski definition) is 2. The number of carbonyl (C=O) groups is 1. The van der Waals surface area contributed by atoms with Crippen LogP contribution in [0.5, 0.6) is 0 Å². The first-order chi connectivity index (χ1) is 5.88. The van der Waals surface area contributed by atoms with Crippen molar-refractivity contribution < 1.29 is 4.79 Å². The molecule has 1 saturated heterocycles. The molecule has 1 N–H and O–H groups in total. The molecule has 0 bridgehead atoms. The summed E-state index contributed by atoms with van der Waals surface area (Å²) in [4.78, 5) is 13.5. The summed E-state index contributed by atoms with van der Waals surface area (Å²) < 4.78 is 0. The van der Waals surface area contributed by atoms with Gasteiger partial charge in [-0.15, -0.1) is 0 Å². The summed E-state index contributed by atoms with van der Waals surface area (Å²) in [5, 5.41) is 3.36. The highest BCUT2D eigenvalue weighted by molar-refractivity contribution is 5.84. The van der Waals surface area contributed by atoms with Crippen LogP contribution >= 0.6 is 0 Å². The van der Waals surface area contributed by atoms with E-state index in [9.17, 15) is 4.79 Å². The van der Waals surface area contributed by atoms with Crippen molar-refractivity contribution in [3.8, 4) is 0 Å². The Morgan fingerprint density at radius 1 is 1.46 bits per heavy atom. The van der Waals surface area contributed by atoms with Crippen molar-refractivity contribution >= 4 is 5.91 Å². The molecule has 1 amide bonds. The Hall–Kier alpha value is -0.570. The van der Waals surface area contributed by atoms with Gasteiger partial charge < -0.3 is 4.90 Å². The Kier molecular flexibility index (Phi) is 2.66. The molecule has 1 aliphatic heterocycles. The van der Waals surface area contributed by atoms with Crippen LogP contribution in [-0.2, 0) is 4.79 Å². The number of likely N-dealkylation sites (N-methyl/N-ethyl adjacent to an activating group) is 1. The molecule has 3 nitrogen and oxygen atoms in total.